The van der Waals surface area contributed by atoms with Gasteiger partial charge in [-0.1, -0.05) is 36.4 Å². The Kier molecular flexibility index (Phi) is 4.18. The molecule has 0 aliphatic carbocycles. The lowest BCUT2D eigenvalue weighted by atomic mass is 10.1. The number of carboxylic acids is 1. The van der Waals surface area contributed by atoms with E-state index in [1.807, 2.05) is 6.92 Å². The van der Waals surface area contributed by atoms with Gasteiger partial charge in [-0.15, -0.1) is 0 Å². The average Bonchev–Trinajstić information content (AvgIpc) is 1.63. The fourth-order valence-corrected chi connectivity index (χ4v) is 1.35. The molecule has 0 rings (SSSR count). The van der Waals surface area contributed by atoms with Gasteiger partial charge in [0.1, 0.15) is 0 Å². The SMILES string of the molecule is CC(I)CC(C)C(=O)O. The van der Waals surface area contributed by atoms with E-state index in [1.54, 1.807) is 6.92 Å². The maximum absolute atomic E-state index is 10.2. The van der Waals surface area contributed by atoms with E-state index in [1.165, 1.54) is 0 Å². The van der Waals surface area contributed by atoms with Gasteiger partial charge in [0, 0.05) is 3.92 Å². The molecule has 2 unspecified atom stereocenters. The van der Waals surface area contributed by atoms with E-state index in [0.717, 1.165) is 6.42 Å². The fraction of sp³-hybridized carbons (Fsp3) is 0.833. The van der Waals surface area contributed by atoms with Crippen molar-refractivity contribution in [3.8, 4) is 0 Å². The van der Waals surface area contributed by atoms with Crippen molar-refractivity contribution in [3.63, 3.8) is 0 Å². The van der Waals surface area contributed by atoms with Crippen molar-refractivity contribution in [2.75, 3.05) is 0 Å². The molecule has 54 valence electrons. The summed E-state index contributed by atoms with van der Waals surface area (Å²) < 4.78 is 0.452. The highest BCUT2D eigenvalue weighted by molar-refractivity contribution is 14.1. The molecule has 0 saturated carbocycles. The zero-order valence-corrected chi connectivity index (χ0v) is 7.75. The molecule has 3 heteroatoms. The highest BCUT2D eigenvalue weighted by atomic mass is 127. The van der Waals surface area contributed by atoms with Crippen LogP contribution in [0.25, 0.3) is 0 Å². The standard InChI is InChI=1S/C6H11IO2/c1-4(6(8)9)3-5(2)7/h4-5H,3H2,1-2H3,(H,8,9). The van der Waals surface area contributed by atoms with Gasteiger partial charge in [-0.2, -0.15) is 0 Å². The molecule has 2 atom stereocenters. The van der Waals surface area contributed by atoms with Crippen molar-refractivity contribution in [3.05, 3.63) is 0 Å². The monoisotopic (exact) mass is 242 g/mol. The third-order valence-corrected chi connectivity index (χ3v) is 1.61. The molecular weight excluding hydrogens is 231 g/mol. The molecule has 0 bridgehead atoms. The minimum Gasteiger partial charge on any atom is -0.481 e. The summed E-state index contributed by atoms with van der Waals surface area (Å²) in [5.74, 6) is -0.893. The van der Waals surface area contributed by atoms with Crippen molar-refractivity contribution >= 4 is 28.6 Å². The molecule has 0 aliphatic rings. The summed E-state index contributed by atoms with van der Waals surface area (Å²) in [7, 11) is 0. The molecule has 0 radical (unpaired) electrons. The summed E-state index contributed by atoms with van der Waals surface area (Å²) in [5, 5.41) is 8.43. The first kappa shape index (κ1) is 9.20. The van der Waals surface area contributed by atoms with Crippen LogP contribution in [-0.2, 0) is 4.79 Å². The Morgan fingerprint density at radius 1 is 1.67 bits per heavy atom. The minimum absolute atomic E-state index is 0.197. The van der Waals surface area contributed by atoms with Crippen molar-refractivity contribution in [1.29, 1.82) is 0 Å². The fourth-order valence-electron chi connectivity index (χ4n) is 0.588. The maximum Gasteiger partial charge on any atom is 0.306 e. The summed E-state index contributed by atoms with van der Waals surface area (Å²) in [4.78, 5) is 10.2. The number of aliphatic carboxylic acids is 1. The van der Waals surface area contributed by atoms with Gasteiger partial charge in [0.2, 0.25) is 0 Å². The zero-order valence-electron chi connectivity index (χ0n) is 5.60. The van der Waals surface area contributed by atoms with Crippen LogP contribution in [-0.4, -0.2) is 15.0 Å². The topological polar surface area (TPSA) is 37.3 Å². The molecule has 0 aliphatic heterocycles. The van der Waals surface area contributed by atoms with E-state index < -0.39 is 5.97 Å². The quantitative estimate of drug-likeness (QED) is 0.606. The Morgan fingerprint density at radius 3 is 2.22 bits per heavy atom. The summed E-state index contributed by atoms with van der Waals surface area (Å²) in [6, 6.07) is 0. The summed E-state index contributed by atoms with van der Waals surface area (Å²) in [6.07, 6.45) is 0.760. The van der Waals surface area contributed by atoms with E-state index >= 15 is 0 Å². The number of carboxylic acid groups (broad SMARTS) is 1. The number of carbonyl (C=O) groups is 1. The first-order valence-electron chi connectivity index (χ1n) is 2.91. The molecule has 0 saturated heterocycles. The second-order valence-electron chi connectivity index (χ2n) is 2.26. The number of rotatable bonds is 3. The summed E-state index contributed by atoms with van der Waals surface area (Å²) >= 11 is 2.23. The number of hydrogen-bond acceptors (Lipinski definition) is 1. The number of alkyl halides is 1. The second kappa shape index (κ2) is 4.09. The van der Waals surface area contributed by atoms with Crippen LogP contribution in [0, 0.1) is 5.92 Å². The molecule has 2 nitrogen and oxygen atoms in total. The van der Waals surface area contributed by atoms with Gasteiger partial charge in [0.25, 0.3) is 0 Å². The first-order chi connectivity index (χ1) is 4.04. The predicted octanol–water partition coefficient (Wildman–Crippen LogP) is 1.92. The Bertz CT molecular complexity index is 101. The van der Waals surface area contributed by atoms with Gasteiger partial charge < -0.3 is 5.11 Å². The van der Waals surface area contributed by atoms with Crippen molar-refractivity contribution in [2.24, 2.45) is 5.92 Å². The van der Waals surface area contributed by atoms with E-state index in [9.17, 15) is 4.79 Å². The normalized spacial score (nSPS) is 16.8. The third-order valence-electron chi connectivity index (χ3n) is 1.10. The molecule has 9 heavy (non-hydrogen) atoms. The van der Waals surface area contributed by atoms with E-state index in [4.69, 9.17) is 5.11 Å². The average molecular weight is 242 g/mol. The van der Waals surface area contributed by atoms with Crippen molar-refractivity contribution in [1.82, 2.24) is 0 Å². The molecule has 0 amide bonds. The Balaban J connectivity index is 3.50. The van der Waals surface area contributed by atoms with Gasteiger partial charge in [0.05, 0.1) is 5.92 Å². The van der Waals surface area contributed by atoms with E-state index in [2.05, 4.69) is 22.6 Å². The predicted molar refractivity (Wildman–Crippen MR) is 44.9 cm³/mol. The minimum atomic E-state index is -0.696. The molecular formula is C6H11IO2. The second-order valence-corrected chi connectivity index (χ2v) is 4.38. The van der Waals surface area contributed by atoms with Crippen LogP contribution in [0.15, 0.2) is 0 Å². The van der Waals surface area contributed by atoms with E-state index in [-0.39, 0.29) is 5.92 Å². The van der Waals surface area contributed by atoms with Crippen LogP contribution in [0.4, 0.5) is 0 Å². The number of hydrogen-bond donors (Lipinski definition) is 1. The van der Waals surface area contributed by atoms with Crippen LogP contribution < -0.4 is 0 Å². The highest BCUT2D eigenvalue weighted by Crippen LogP contribution is 2.12. The van der Waals surface area contributed by atoms with Gasteiger partial charge in [-0.25, -0.2) is 0 Å². The largest absolute Gasteiger partial charge is 0.481 e. The lowest BCUT2D eigenvalue weighted by Gasteiger charge is -2.06. The number of halogens is 1. The van der Waals surface area contributed by atoms with Crippen LogP contribution in [0.1, 0.15) is 20.3 Å². The lowest BCUT2D eigenvalue weighted by molar-refractivity contribution is -0.141. The van der Waals surface area contributed by atoms with E-state index in [0.29, 0.717) is 3.92 Å². The Morgan fingerprint density at radius 2 is 2.11 bits per heavy atom. The molecule has 0 fully saturated rings. The zero-order chi connectivity index (χ0) is 7.44. The summed E-state index contributed by atoms with van der Waals surface area (Å²) in [6.45, 7) is 3.75. The molecule has 0 aromatic carbocycles. The van der Waals surface area contributed by atoms with Crippen LogP contribution in [0.2, 0.25) is 0 Å². The smallest absolute Gasteiger partial charge is 0.306 e. The van der Waals surface area contributed by atoms with Gasteiger partial charge in [-0.3, -0.25) is 4.79 Å². The van der Waals surface area contributed by atoms with Crippen molar-refractivity contribution < 1.29 is 9.90 Å². The van der Waals surface area contributed by atoms with Gasteiger partial charge in [-0.05, 0) is 6.42 Å². The maximum atomic E-state index is 10.2. The third kappa shape index (κ3) is 4.69. The summed E-state index contributed by atoms with van der Waals surface area (Å²) in [5.41, 5.74) is 0. The Hall–Kier alpha value is 0.200. The first-order valence-corrected chi connectivity index (χ1v) is 4.15. The molecule has 0 heterocycles. The van der Waals surface area contributed by atoms with Crippen LogP contribution >= 0.6 is 22.6 Å². The highest BCUT2D eigenvalue weighted by Gasteiger charge is 2.12. The molecule has 1 N–H and O–H groups in total. The van der Waals surface area contributed by atoms with Gasteiger partial charge in [0.15, 0.2) is 0 Å². The van der Waals surface area contributed by atoms with Crippen LogP contribution in [0.3, 0.4) is 0 Å². The van der Waals surface area contributed by atoms with Crippen molar-refractivity contribution in [2.45, 2.75) is 24.2 Å². The van der Waals surface area contributed by atoms with Gasteiger partial charge >= 0.3 is 5.97 Å². The molecule has 0 aromatic heterocycles. The molecule has 0 aromatic rings. The molecule has 0 spiro atoms. The van der Waals surface area contributed by atoms with Crippen LogP contribution in [0.5, 0.6) is 0 Å². The Labute approximate surface area is 68.8 Å². The lowest BCUT2D eigenvalue weighted by Crippen LogP contribution is -2.12.